The third kappa shape index (κ3) is 5.77. The van der Waals surface area contributed by atoms with Crippen LogP contribution in [-0.2, 0) is 9.53 Å². The molecule has 0 spiro atoms. The molecule has 1 fully saturated rings. The average molecular weight is 408 g/mol. The van der Waals surface area contributed by atoms with E-state index in [1.807, 2.05) is 0 Å². The lowest BCUT2D eigenvalue weighted by Gasteiger charge is -2.32. The molecule has 7 nitrogen and oxygen atoms in total. The van der Waals surface area contributed by atoms with Crippen molar-refractivity contribution in [3.8, 4) is 0 Å². The molecule has 0 saturated carbocycles. The number of hydrogen-bond donors (Lipinski definition) is 2. The van der Waals surface area contributed by atoms with Gasteiger partial charge in [-0.05, 0) is 31.0 Å². The molecule has 1 saturated heterocycles. The van der Waals surface area contributed by atoms with E-state index in [4.69, 9.17) is 11.6 Å². The summed E-state index contributed by atoms with van der Waals surface area (Å²) in [6.07, 6.45) is 3.81. The Hall–Kier alpha value is -2.45. The Bertz CT molecular complexity index is 815. The van der Waals surface area contributed by atoms with Gasteiger partial charge in [0.05, 0.1) is 18.6 Å². The molecule has 0 unspecified atom stereocenters. The van der Waals surface area contributed by atoms with Crippen molar-refractivity contribution >= 4 is 34.9 Å². The largest absolute Gasteiger partial charge is 0.469 e. The van der Waals surface area contributed by atoms with Crippen molar-refractivity contribution in [2.45, 2.75) is 25.3 Å². The molecular formula is C19H23ClFN5O2. The van der Waals surface area contributed by atoms with E-state index in [0.717, 1.165) is 38.3 Å². The summed E-state index contributed by atoms with van der Waals surface area (Å²) in [5, 5.41) is 6.58. The summed E-state index contributed by atoms with van der Waals surface area (Å²) in [5.74, 6) is 0.674. The minimum Gasteiger partial charge on any atom is -0.469 e. The zero-order valence-corrected chi connectivity index (χ0v) is 16.4. The zero-order valence-electron chi connectivity index (χ0n) is 15.6. The first-order chi connectivity index (χ1) is 13.5. The highest BCUT2D eigenvalue weighted by atomic mass is 35.5. The summed E-state index contributed by atoms with van der Waals surface area (Å²) < 4.78 is 18.0. The summed E-state index contributed by atoms with van der Waals surface area (Å²) in [4.78, 5) is 22.0. The third-order valence-corrected chi connectivity index (χ3v) is 4.95. The lowest BCUT2D eigenvalue weighted by atomic mass is 10.0. The number of methoxy groups -OCH3 is 1. The van der Waals surface area contributed by atoms with E-state index >= 15 is 0 Å². The number of hydrogen-bond acceptors (Lipinski definition) is 7. The van der Waals surface area contributed by atoms with Gasteiger partial charge in [0.15, 0.2) is 0 Å². The number of esters is 1. The van der Waals surface area contributed by atoms with Crippen LogP contribution in [0.3, 0.4) is 0 Å². The van der Waals surface area contributed by atoms with Crippen LogP contribution in [-0.4, -0.2) is 53.6 Å². The van der Waals surface area contributed by atoms with Gasteiger partial charge in [-0.15, -0.1) is 0 Å². The smallest absolute Gasteiger partial charge is 0.306 e. The summed E-state index contributed by atoms with van der Waals surface area (Å²) >= 11 is 5.81. The van der Waals surface area contributed by atoms with E-state index in [-0.39, 0.29) is 11.0 Å². The molecule has 0 amide bonds. The maximum Gasteiger partial charge on any atom is 0.306 e. The number of aromatic nitrogens is 2. The average Bonchev–Trinajstić information content (AvgIpc) is 2.70. The molecule has 2 aromatic rings. The topological polar surface area (TPSA) is 79.4 Å². The quantitative estimate of drug-likeness (QED) is 0.680. The Labute approximate surface area is 168 Å². The van der Waals surface area contributed by atoms with Crippen molar-refractivity contribution in [1.29, 1.82) is 0 Å². The van der Waals surface area contributed by atoms with Gasteiger partial charge in [-0.25, -0.2) is 14.4 Å². The predicted molar refractivity (Wildman–Crippen MR) is 106 cm³/mol. The summed E-state index contributed by atoms with van der Waals surface area (Å²) in [6, 6.07) is 6.52. The van der Waals surface area contributed by atoms with Crippen molar-refractivity contribution < 1.29 is 13.9 Å². The predicted octanol–water partition coefficient (Wildman–Crippen LogP) is 3.45. The fourth-order valence-electron chi connectivity index (χ4n) is 3.09. The standard InChI is InChI=1S/C19H23ClFN5O2/c1-28-19(27)6-9-26-7-4-13(5-8-26)24-17-11-18(23-12-22-17)25-14-2-3-16(21)15(20)10-14/h2-3,10-13H,4-9H2,1H3,(H2,22,23,24,25). The van der Waals surface area contributed by atoms with Crippen molar-refractivity contribution in [2.24, 2.45) is 0 Å². The summed E-state index contributed by atoms with van der Waals surface area (Å²) in [6.45, 7) is 2.55. The van der Waals surface area contributed by atoms with Crippen LogP contribution in [0, 0.1) is 5.82 Å². The summed E-state index contributed by atoms with van der Waals surface area (Å²) in [7, 11) is 1.41. The first kappa shape index (κ1) is 20.3. The molecule has 0 aliphatic carbocycles. The number of ether oxygens (including phenoxy) is 1. The highest BCUT2D eigenvalue weighted by molar-refractivity contribution is 6.31. The number of halogens is 2. The molecule has 3 rings (SSSR count). The third-order valence-electron chi connectivity index (χ3n) is 4.66. The number of nitrogens with one attached hydrogen (secondary N) is 2. The molecule has 2 heterocycles. The van der Waals surface area contributed by atoms with Crippen molar-refractivity contribution in [1.82, 2.24) is 14.9 Å². The van der Waals surface area contributed by atoms with Crippen LogP contribution >= 0.6 is 11.6 Å². The molecule has 28 heavy (non-hydrogen) atoms. The number of benzene rings is 1. The van der Waals surface area contributed by atoms with Crippen LogP contribution in [0.25, 0.3) is 0 Å². The first-order valence-corrected chi connectivity index (χ1v) is 9.51. The molecule has 2 N–H and O–H groups in total. The van der Waals surface area contributed by atoms with Crippen molar-refractivity contribution in [2.75, 3.05) is 37.4 Å². The van der Waals surface area contributed by atoms with Crippen LogP contribution in [0.2, 0.25) is 5.02 Å². The Kier molecular flexibility index (Phi) is 7.00. The Morgan fingerprint density at radius 2 is 2.04 bits per heavy atom. The van der Waals surface area contributed by atoms with Gasteiger partial charge in [0.2, 0.25) is 0 Å². The van der Waals surface area contributed by atoms with Crippen molar-refractivity contribution in [3.63, 3.8) is 0 Å². The Morgan fingerprint density at radius 3 is 2.75 bits per heavy atom. The number of carbonyl (C=O) groups excluding carboxylic acids is 1. The highest BCUT2D eigenvalue weighted by Crippen LogP contribution is 2.23. The number of anilines is 3. The molecular weight excluding hydrogens is 385 g/mol. The van der Waals surface area contributed by atoms with E-state index in [2.05, 4.69) is 30.2 Å². The van der Waals surface area contributed by atoms with Gasteiger partial charge >= 0.3 is 5.97 Å². The molecule has 1 aromatic carbocycles. The number of piperidine rings is 1. The normalized spacial score (nSPS) is 15.2. The van der Waals surface area contributed by atoms with Crippen LogP contribution in [0.5, 0.6) is 0 Å². The highest BCUT2D eigenvalue weighted by Gasteiger charge is 2.20. The van der Waals surface area contributed by atoms with Gasteiger partial charge in [-0.1, -0.05) is 11.6 Å². The number of nitrogens with zero attached hydrogens (tertiary/aromatic N) is 3. The number of likely N-dealkylation sites (tertiary alicyclic amines) is 1. The Balaban J connectivity index is 1.51. The molecule has 1 aliphatic rings. The fourth-order valence-corrected chi connectivity index (χ4v) is 3.27. The van der Waals surface area contributed by atoms with Gasteiger partial charge in [0.25, 0.3) is 0 Å². The second-order valence-corrected chi connectivity index (χ2v) is 7.04. The molecule has 150 valence electrons. The van der Waals surface area contributed by atoms with E-state index < -0.39 is 5.82 Å². The van der Waals surface area contributed by atoms with Crippen molar-refractivity contribution in [3.05, 3.63) is 41.4 Å². The van der Waals surface area contributed by atoms with Gasteiger partial charge in [0.1, 0.15) is 23.8 Å². The SMILES string of the molecule is COC(=O)CCN1CCC(Nc2cc(Nc3ccc(F)c(Cl)c3)ncn2)CC1. The molecule has 0 radical (unpaired) electrons. The second kappa shape index (κ2) is 9.66. The fraction of sp³-hybridized carbons (Fsp3) is 0.421. The lowest BCUT2D eigenvalue weighted by Crippen LogP contribution is -2.40. The maximum atomic E-state index is 13.3. The van der Waals surface area contributed by atoms with E-state index in [1.54, 1.807) is 12.1 Å². The lowest BCUT2D eigenvalue weighted by molar-refractivity contribution is -0.141. The number of carbonyl (C=O) groups is 1. The maximum absolute atomic E-state index is 13.3. The van der Waals surface area contributed by atoms with Gasteiger partial charge in [-0.3, -0.25) is 4.79 Å². The van der Waals surface area contributed by atoms with Crippen LogP contribution in [0.15, 0.2) is 30.6 Å². The van der Waals surface area contributed by atoms with Crippen LogP contribution in [0.4, 0.5) is 21.7 Å². The second-order valence-electron chi connectivity index (χ2n) is 6.63. The van der Waals surface area contributed by atoms with Gasteiger partial charge in [0, 0.05) is 37.4 Å². The van der Waals surface area contributed by atoms with Gasteiger partial charge < -0.3 is 20.3 Å². The molecule has 1 aromatic heterocycles. The monoisotopic (exact) mass is 407 g/mol. The van der Waals surface area contributed by atoms with Gasteiger partial charge in [-0.2, -0.15) is 0 Å². The van der Waals surface area contributed by atoms with Crippen LogP contribution < -0.4 is 10.6 Å². The minimum atomic E-state index is -0.463. The molecule has 0 bridgehead atoms. The Morgan fingerprint density at radius 1 is 1.29 bits per heavy atom. The first-order valence-electron chi connectivity index (χ1n) is 9.13. The molecule has 9 heteroatoms. The summed E-state index contributed by atoms with van der Waals surface area (Å²) in [5.41, 5.74) is 0.648. The van der Waals surface area contributed by atoms with E-state index in [1.165, 1.54) is 25.6 Å². The van der Waals surface area contributed by atoms with E-state index in [0.29, 0.717) is 24.0 Å². The molecule has 0 atom stereocenters. The zero-order chi connectivity index (χ0) is 19.9. The van der Waals surface area contributed by atoms with Crippen LogP contribution in [0.1, 0.15) is 19.3 Å². The van der Waals surface area contributed by atoms with E-state index in [9.17, 15) is 9.18 Å². The minimum absolute atomic E-state index is 0.0522. The molecule has 1 aliphatic heterocycles. The number of rotatable bonds is 7.